The van der Waals surface area contributed by atoms with Crippen LogP contribution in [0.25, 0.3) is 0 Å². The molecule has 1 atom stereocenters. The smallest absolute Gasteiger partial charge is 0.417 e. The first-order chi connectivity index (χ1) is 13.2. The molecule has 0 saturated carbocycles. The van der Waals surface area contributed by atoms with Crippen molar-refractivity contribution in [3.8, 4) is 6.07 Å². The Morgan fingerprint density at radius 3 is 2.54 bits per heavy atom. The maximum absolute atomic E-state index is 12.6. The van der Waals surface area contributed by atoms with Crippen LogP contribution in [0.4, 0.5) is 29.5 Å². The van der Waals surface area contributed by atoms with Gasteiger partial charge in [-0.3, -0.25) is 5.32 Å². The highest BCUT2D eigenvalue weighted by atomic mass is 35.5. The average molecular weight is 433 g/mol. The summed E-state index contributed by atoms with van der Waals surface area (Å²) in [6, 6.07) is 8.86. The van der Waals surface area contributed by atoms with Crippen LogP contribution in [0, 0.1) is 11.3 Å². The first kappa shape index (κ1) is 21.6. The molecular formula is C17H13Cl2F3N4O2. The minimum absolute atomic E-state index is 0.0284. The molecule has 2 N–H and O–H groups in total. The van der Waals surface area contributed by atoms with E-state index in [9.17, 15) is 18.0 Å². The summed E-state index contributed by atoms with van der Waals surface area (Å²) < 4.78 is 43.0. The second-order valence-corrected chi connectivity index (χ2v) is 6.30. The number of carbonyl (C=O) groups excluding carboxylic acids is 1. The van der Waals surface area contributed by atoms with Crippen LogP contribution in [0.5, 0.6) is 0 Å². The van der Waals surface area contributed by atoms with Crippen molar-refractivity contribution in [1.29, 1.82) is 5.26 Å². The number of nitriles is 1. The minimum Gasteiger partial charge on any atom is -0.443 e. The predicted molar refractivity (Wildman–Crippen MR) is 98.3 cm³/mol. The number of carbonyl (C=O) groups is 1. The van der Waals surface area contributed by atoms with Gasteiger partial charge >= 0.3 is 12.3 Å². The molecule has 2 aromatic rings. The van der Waals surface area contributed by atoms with Crippen LogP contribution in [0.15, 0.2) is 36.5 Å². The molecule has 1 aromatic heterocycles. The lowest BCUT2D eigenvalue weighted by Gasteiger charge is -2.17. The lowest BCUT2D eigenvalue weighted by Crippen LogP contribution is -2.28. The molecule has 0 unspecified atom stereocenters. The van der Waals surface area contributed by atoms with Gasteiger partial charge in [0, 0.05) is 16.9 Å². The molecule has 0 aliphatic heterocycles. The molecule has 1 aromatic carbocycles. The second-order valence-electron chi connectivity index (χ2n) is 5.45. The van der Waals surface area contributed by atoms with Gasteiger partial charge in [-0.2, -0.15) is 18.4 Å². The van der Waals surface area contributed by atoms with Gasteiger partial charge in [-0.15, -0.1) is 0 Å². The number of hydrogen-bond acceptors (Lipinski definition) is 5. The van der Waals surface area contributed by atoms with Crippen LogP contribution in [0.1, 0.15) is 12.0 Å². The molecule has 1 amide bonds. The molecular weight excluding hydrogens is 420 g/mol. The number of aromatic nitrogens is 1. The van der Waals surface area contributed by atoms with Gasteiger partial charge in [0.2, 0.25) is 0 Å². The fourth-order valence-electron chi connectivity index (χ4n) is 2.02. The molecule has 0 saturated heterocycles. The monoisotopic (exact) mass is 432 g/mol. The molecule has 0 aliphatic rings. The zero-order chi connectivity index (χ0) is 20.7. The summed E-state index contributed by atoms with van der Waals surface area (Å²) in [5, 5.41) is 14.3. The van der Waals surface area contributed by atoms with Crippen LogP contribution < -0.4 is 10.6 Å². The lowest BCUT2D eigenvalue weighted by atomic mass is 10.2. The fourth-order valence-corrected chi connectivity index (χ4v) is 2.38. The van der Waals surface area contributed by atoms with Crippen molar-refractivity contribution in [3.05, 3.63) is 52.1 Å². The van der Waals surface area contributed by atoms with Crippen molar-refractivity contribution >= 4 is 40.8 Å². The maximum atomic E-state index is 12.6. The summed E-state index contributed by atoms with van der Waals surface area (Å²) in [5.74, 6) is -0.0284. The van der Waals surface area contributed by atoms with E-state index in [1.54, 1.807) is 24.3 Å². The topological polar surface area (TPSA) is 87.0 Å². The number of nitrogens with zero attached hydrogens (tertiary/aromatic N) is 2. The number of hydrogen-bond donors (Lipinski definition) is 2. The maximum Gasteiger partial charge on any atom is 0.417 e. The third kappa shape index (κ3) is 6.48. The highest BCUT2D eigenvalue weighted by Crippen LogP contribution is 2.32. The van der Waals surface area contributed by atoms with E-state index in [0.717, 1.165) is 6.07 Å². The average Bonchev–Trinajstić information content (AvgIpc) is 2.61. The number of halogens is 5. The molecule has 0 aliphatic carbocycles. The van der Waals surface area contributed by atoms with Gasteiger partial charge in [-0.25, -0.2) is 9.78 Å². The van der Waals surface area contributed by atoms with Crippen molar-refractivity contribution in [3.63, 3.8) is 0 Å². The Hall–Kier alpha value is -2.70. The van der Waals surface area contributed by atoms with E-state index in [4.69, 9.17) is 33.2 Å². The van der Waals surface area contributed by atoms with E-state index in [-0.39, 0.29) is 23.8 Å². The summed E-state index contributed by atoms with van der Waals surface area (Å²) >= 11 is 11.6. The van der Waals surface area contributed by atoms with Crippen molar-refractivity contribution in [1.82, 2.24) is 4.98 Å². The number of alkyl halides is 3. The Morgan fingerprint density at radius 2 is 1.96 bits per heavy atom. The summed E-state index contributed by atoms with van der Waals surface area (Å²) in [6.45, 7) is -0.0836. The molecule has 1 heterocycles. The van der Waals surface area contributed by atoms with Gasteiger partial charge in [0.05, 0.1) is 29.6 Å². The van der Waals surface area contributed by atoms with Crippen molar-refractivity contribution in [2.24, 2.45) is 0 Å². The second kappa shape index (κ2) is 9.48. The van der Waals surface area contributed by atoms with Gasteiger partial charge in [-0.05, 0) is 30.3 Å². The van der Waals surface area contributed by atoms with Gasteiger partial charge in [0.25, 0.3) is 0 Å². The van der Waals surface area contributed by atoms with E-state index in [0.29, 0.717) is 16.9 Å². The molecule has 148 valence electrons. The molecule has 0 fully saturated rings. The fraction of sp³-hybridized carbons (Fsp3) is 0.235. The third-order valence-corrected chi connectivity index (χ3v) is 3.89. The van der Waals surface area contributed by atoms with E-state index in [1.165, 1.54) is 0 Å². The van der Waals surface area contributed by atoms with Crippen molar-refractivity contribution in [2.75, 3.05) is 17.2 Å². The number of rotatable bonds is 6. The molecule has 28 heavy (non-hydrogen) atoms. The number of ether oxygens (including phenoxy) is 1. The van der Waals surface area contributed by atoms with Crippen LogP contribution >= 0.6 is 23.2 Å². The predicted octanol–water partition coefficient (Wildman–Crippen LogP) is 5.35. The van der Waals surface area contributed by atoms with Crippen LogP contribution in [-0.4, -0.2) is 23.7 Å². The number of pyridine rings is 1. The Morgan fingerprint density at radius 1 is 1.29 bits per heavy atom. The molecule has 0 radical (unpaired) electrons. The van der Waals surface area contributed by atoms with Crippen LogP contribution in [0.3, 0.4) is 0 Å². The quantitative estimate of drug-likeness (QED) is 0.642. The zero-order valence-electron chi connectivity index (χ0n) is 14.1. The Labute approximate surface area is 168 Å². The summed E-state index contributed by atoms with van der Waals surface area (Å²) in [7, 11) is 0. The molecule has 0 spiro atoms. The van der Waals surface area contributed by atoms with Crippen LogP contribution in [0.2, 0.25) is 10.0 Å². The molecule has 6 nitrogen and oxygen atoms in total. The number of anilines is 2. The van der Waals surface area contributed by atoms with E-state index >= 15 is 0 Å². The zero-order valence-corrected chi connectivity index (χ0v) is 15.6. The van der Waals surface area contributed by atoms with Crippen LogP contribution in [-0.2, 0) is 10.9 Å². The molecule has 2 rings (SSSR count). The Bertz CT molecular complexity index is 870. The highest BCUT2D eigenvalue weighted by molar-refractivity contribution is 6.33. The summed E-state index contributed by atoms with van der Waals surface area (Å²) in [5.41, 5.74) is -0.555. The Balaban J connectivity index is 1.96. The number of benzene rings is 1. The van der Waals surface area contributed by atoms with Gasteiger partial charge in [0.15, 0.2) is 0 Å². The number of amides is 1. The standard InChI is InChI=1S/C17H13Cl2F3N4O2/c18-11-1-3-12(4-2-11)26-16(27)28-13(5-6-23)9-25-15-14(19)7-10(8-24-15)17(20,21)22/h1-4,7-8,13H,5,9H2,(H,24,25)(H,26,27)/t13-/m0/s1. The molecule has 11 heteroatoms. The summed E-state index contributed by atoms with van der Waals surface area (Å²) in [4.78, 5) is 15.6. The van der Waals surface area contributed by atoms with Crippen molar-refractivity contribution in [2.45, 2.75) is 18.7 Å². The minimum atomic E-state index is -4.57. The molecule has 0 bridgehead atoms. The SMILES string of the molecule is N#CC[C@@H](CNc1ncc(C(F)(F)F)cc1Cl)OC(=O)Nc1ccc(Cl)cc1. The Kier molecular flexibility index (Phi) is 7.31. The van der Waals surface area contributed by atoms with Gasteiger partial charge in [0.1, 0.15) is 11.9 Å². The largest absolute Gasteiger partial charge is 0.443 e. The van der Waals surface area contributed by atoms with E-state index in [2.05, 4.69) is 15.6 Å². The number of nitrogens with one attached hydrogen (secondary N) is 2. The van der Waals surface area contributed by atoms with Gasteiger partial charge < -0.3 is 10.1 Å². The van der Waals surface area contributed by atoms with Crippen molar-refractivity contribution < 1.29 is 22.7 Å². The first-order valence-electron chi connectivity index (χ1n) is 7.76. The summed E-state index contributed by atoms with van der Waals surface area (Å²) in [6.07, 6.45) is -5.80. The third-order valence-electron chi connectivity index (χ3n) is 3.35. The highest BCUT2D eigenvalue weighted by Gasteiger charge is 2.31. The van der Waals surface area contributed by atoms with E-state index < -0.39 is 23.9 Å². The normalized spacial score (nSPS) is 12.0. The van der Waals surface area contributed by atoms with E-state index in [1.807, 2.05) is 6.07 Å². The first-order valence-corrected chi connectivity index (χ1v) is 8.51. The van der Waals surface area contributed by atoms with Gasteiger partial charge in [-0.1, -0.05) is 23.2 Å². The lowest BCUT2D eigenvalue weighted by molar-refractivity contribution is -0.137.